The van der Waals surface area contributed by atoms with Gasteiger partial charge in [0.2, 0.25) is 0 Å². The molecule has 1 saturated carbocycles. The standard InChI is InChI=1S/C21H27ClN4O2S/c1-29(28)18-13-23-19(24-20(18)25-21(14-27)9-2-10-21)15-7-11-26(12-8-15)17-5-3-16(22)4-6-17/h3-6,13,15,27H,2,7-12,14H2,1H3,(H,23,24,25)/t29-/m1/s1. The summed E-state index contributed by atoms with van der Waals surface area (Å²) in [6.45, 7) is 1.92. The van der Waals surface area contributed by atoms with Gasteiger partial charge in [0.05, 0.1) is 27.8 Å². The predicted octanol–water partition coefficient (Wildman–Crippen LogP) is 3.58. The van der Waals surface area contributed by atoms with Crippen LogP contribution in [0.3, 0.4) is 0 Å². The molecule has 2 N–H and O–H groups in total. The van der Waals surface area contributed by atoms with Gasteiger partial charge >= 0.3 is 0 Å². The van der Waals surface area contributed by atoms with Crippen LogP contribution in [-0.4, -0.2) is 50.8 Å². The number of aromatic nitrogens is 2. The number of benzene rings is 1. The van der Waals surface area contributed by atoms with Crippen LogP contribution in [0.1, 0.15) is 43.8 Å². The van der Waals surface area contributed by atoms with Gasteiger partial charge in [-0.15, -0.1) is 0 Å². The molecule has 1 aromatic heterocycles. The number of anilines is 2. The molecule has 0 bridgehead atoms. The molecule has 2 aliphatic rings. The molecule has 0 radical (unpaired) electrons. The summed E-state index contributed by atoms with van der Waals surface area (Å²) in [5.74, 6) is 1.68. The molecule has 0 amide bonds. The highest BCUT2D eigenvalue weighted by atomic mass is 35.5. The summed E-state index contributed by atoms with van der Waals surface area (Å²) in [5.41, 5.74) is 0.847. The Balaban J connectivity index is 1.49. The second kappa shape index (κ2) is 8.58. The first-order valence-electron chi connectivity index (χ1n) is 10.1. The van der Waals surface area contributed by atoms with E-state index in [0.29, 0.717) is 10.7 Å². The van der Waals surface area contributed by atoms with Crippen LogP contribution in [0.5, 0.6) is 0 Å². The fourth-order valence-corrected chi connectivity index (χ4v) is 4.80. The lowest BCUT2D eigenvalue weighted by Crippen LogP contribution is -2.48. The Morgan fingerprint density at radius 1 is 1.28 bits per heavy atom. The third-order valence-corrected chi connectivity index (χ3v) is 7.30. The summed E-state index contributed by atoms with van der Waals surface area (Å²) in [4.78, 5) is 12.3. The lowest BCUT2D eigenvalue weighted by molar-refractivity contribution is 0.143. The second-order valence-corrected chi connectivity index (χ2v) is 9.83. The third kappa shape index (κ3) is 4.42. The first kappa shape index (κ1) is 20.6. The molecule has 0 spiro atoms. The molecular weight excluding hydrogens is 408 g/mol. The van der Waals surface area contributed by atoms with Crippen molar-refractivity contribution in [2.45, 2.75) is 48.5 Å². The topological polar surface area (TPSA) is 78.4 Å². The molecule has 1 saturated heterocycles. The highest BCUT2D eigenvalue weighted by Crippen LogP contribution is 2.36. The van der Waals surface area contributed by atoms with Gasteiger partial charge in [0.15, 0.2) is 0 Å². The molecule has 0 unspecified atom stereocenters. The highest BCUT2D eigenvalue weighted by Gasteiger charge is 2.37. The van der Waals surface area contributed by atoms with Crippen molar-refractivity contribution in [2.75, 3.05) is 36.2 Å². The van der Waals surface area contributed by atoms with Crippen molar-refractivity contribution in [3.8, 4) is 0 Å². The van der Waals surface area contributed by atoms with Crippen molar-refractivity contribution < 1.29 is 9.32 Å². The van der Waals surface area contributed by atoms with Crippen LogP contribution in [-0.2, 0) is 10.8 Å². The summed E-state index contributed by atoms with van der Waals surface area (Å²) in [6, 6.07) is 7.95. The Morgan fingerprint density at radius 2 is 1.97 bits per heavy atom. The summed E-state index contributed by atoms with van der Waals surface area (Å²) < 4.78 is 12.2. The highest BCUT2D eigenvalue weighted by molar-refractivity contribution is 7.84. The van der Waals surface area contributed by atoms with Crippen molar-refractivity contribution >= 4 is 33.9 Å². The quantitative estimate of drug-likeness (QED) is 0.723. The molecule has 1 atom stereocenters. The molecule has 6 nitrogen and oxygen atoms in total. The molecule has 1 aliphatic heterocycles. The minimum Gasteiger partial charge on any atom is -0.394 e. The number of piperidine rings is 1. The molecular formula is C21H27ClN4O2S. The zero-order valence-electron chi connectivity index (χ0n) is 16.6. The molecule has 4 rings (SSSR count). The number of hydrogen-bond donors (Lipinski definition) is 2. The monoisotopic (exact) mass is 434 g/mol. The van der Waals surface area contributed by atoms with Gasteiger partial charge in [-0.1, -0.05) is 11.6 Å². The number of aliphatic hydroxyl groups is 1. The maximum atomic E-state index is 12.2. The van der Waals surface area contributed by atoms with Crippen molar-refractivity contribution in [3.05, 3.63) is 41.3 Å². The average Bonchev–Trinajstić information content (AvgIpc) is 2.71. The van der Waals surface area contributed by atoms with E-state index in [1.165, 1.54) is 5.69 Å². The molecule has 1 aromatic carbocycles. The number of halogens is 1. The summed E-state index contributed by atoms with van der Waals surface area (Å²) >= 11 is 6.00. The van der Waals surface area contributed by atoms with Crippen LogP contribution in [0.2, 0.25) is 5.02 Å². The largest absolute Gasteiger partial charge is 0.394 e. The SMILES string of the molecule is C[S@@](=O)c1cnc(C2CCN(c3ccc(Cl)cc3)CC2)nc1NC1(CO)CCC1. The fourth-order valence-electron chi connectivity index (χ4n) is 4.11. The Hall–Kier alpha value is -1.70. The maximum Gasteiger partial charge on any atom is 0.146 e. The maximum absolute atomic E-state index is 12.2. The molecule has 8 heteroatoms. The van der Waals surface area contributed by atoms with E-state index in [1.54, 1.807) is 12.5 Å². The van der Waals surface area contributed by atoms with E-state index in [0.717, 1.165) is 56.0 Å². The van der Waals surface area contributed by atoms with Gasteiger partial charge < -0.3 is 15.3 Å². The van der Waals surface area contributed by atoms with E-state index in [2.05, 4.69) is 27.3 Å². The predicted molar refractivity (Wildman–Crippen MR) is 117 cm³/mol. The van der Waals surface area contributed by atoms with Gasteiger partial charge in [-0.05, 0) is 56.4 Å². The van der Waals surface area contributed by atoms with Gasteiger partial charge in [-0.3, -0.25) is 4.21 Å². The number of rotatable bonds is 6. The van der Waals surface area contributed by atoms with Crippen molar-refractivity contribution in [2.24, 2.45) is 0 Å². The molecule has 156 valence electrons. The van der Waals surface area contributed by atoms with Gasteiger partial charge in [0.1, 0.15) is 11.6 Å². The van der Waals surface area contributed by atoms with E-state index in [-0.39, 0.29) is 18.1 Å². The minimum absolute atomic E-state index is 0.0571. The zero-order chi connectivity index (χ0) is 20.4. The Kier molecular flexibility index (Phi) is 6.08. The lowest BCUT2D eigenvalue weighted by Gasteiger charge is -2.41. The second-order valence-electron chi connectivity index (χ2n) is 8.05. The zero-order valence-corrected chi connectivity index (χ0v) is 18.2. The molecule has 29 heavy (non-hydrogen) atoms. The van der Waals surface area contributed by atoms with Gasteiger partial charge in [-0.25, -0.2) is 9.97 Å². The molecule has 1 aliphatic carbocycles. The Bertz CT molecular complexity index is 875. The number of nitrogens with one attached hydrogen (secondary N) is 1. The summed E-state index contributed by atoms with van der Waals surface area (Å²) in [5, 5.41) is 13.9. The molecule has 2 aromatic rings. The van der Waals surface area contributed by atoms with Crippen LogP contribution < -0.4 is 10.2 Å². The van der Waals surface area contributed by atoms with Crippen LogP contribution in [0.25, 0.3) is 0 Å². The van der Waals surface area contributed by atoms with Crippen molar-refractivity contribution in [3.63, 3.8) is 0 Å². The van der Waals surface area contributed by atoms with Gasteiger partial charge in [0, 0.05) is 42.2 Å². The van der Waals surface area contributed by atoms with Crippen molar-refractivity contribution in [1.82, 2.24) is 9.97 Å². The van der Waals surface area contributed by atoms with E-state index in [1.807, 2.05) is 12.1 Å². The van der Waals surface area contributed by atoms with E-state index < -0.39 is 10.8 Å². The number of aliphatic hydroxyl groups excluding tert-OH is 1. The van der Waals surface area contributed by atoms with E-state index in [9.17, 15) is 9.32 Å². The van der Waals surface area contributed by atoms with Crippen molar-refractivity contribution in [1.29, 1.82) is 0 Å². The summed E-state index contributed by atoms with van der Waals surface area (Å²) in [6.07, 6.45) is 8.13. The van der Waals surface area contributed by atoms with Crippen LogP contribution in [0.15, 0.2) is 35.4 Å². The third-order valence-electron chi connectivity index (χ3n) is 6.13. The first-order chi connectivity index (χ1) is 14.0. The molecule has 2 heterocycles. The minimum atomic E-state index is -1.19. The average molecular weight is 435 g/mol. The van der Waals surface area contributed by atoms with Crippen LogP contribution in [0.4, 0.5) is 11.5 Å². The van der Waals surface area contributed by atoms with Gasteiger partial charge in [0.25, 0.3) is 0 Å². The number of nitrogens with zero attached hydrogens (tertiary/aromatic N) is 3. The number of hydrogen-bond acceptors (Lipinski definition) is 6. The lowest BCUT2D eigenvalue weighted by atomic mass is 9.77. The van der Waals surface area contributed by atoms with E-state index >= 15 is 0 Å². The normalized spacial score (nSPS) is 20.2. The first-order valence-corrected chi connectivity index (χ1v) is 12.0. The van der Waals surface area contributed by atoms with E-state index in [4.69, 9.17) is 16.6 Å². The van der Waals surface area contributed by atoms with Crippen LogP contribution >= 0.6 is 11.6 Å². The fraction of sp³-hybridized carbons (Fsp3) is 0.524. The molecule has 2 fully saturated rings. The smallest absolute Gasteiger partial charge is 0.146 e. The van der Waals surface area contributed by atoms with Crippen LogP contribution in [0, 0.1) is 0 Å². The summed E-state index contributed by atoms with van der Waals surface area (Å²) in [7, 11) is -1.19. The van der Waals surface area contributed by atoms with Gasteiger partial charge in [-0.2, -0.15) is 0 Å². The Morgan fingerprint density at radius 3 is 2.52 bits per heavy atom. The Labute approximate surface area is 179 Å².